The highest BCUT2D eigenvalue weighted by atomic mass is 35.5. The van der Waals surface area contributed by atoms with Gasteiger partial charge in [-0.2, -0.15) is 0 Å². The van der Waals surface area contributed by atoms with Crippen LogP contribution in [0.15, 0.2) is 12.1 Å². The Labute approximate surface area is 278 Å². The molecule has 0 unspecified atom stereocenters. The topological polar surface area (TPSA) is 155 Å². The van der Waals surface area contributed by atoms with Crippen LogP contribution in [0.3, 0.4) is 0 Å². The molecule has 1 aliphatic carbocycles. The van der Waals surface area contributed by atoms with Gasteiger partial charge in [0.25, 0.3) is 0 Å². The maximum absolute atomic E-state index is 14.1. The van der Waals surface area contributed by atoms with Gasteiger partial charge in [-0.25, -0.2) is 14.4 Å². The van der Waals surface area contributed by atoms with E-state index in [9.17, 15) is 29.1 Å². The first kappa shape index (κ1) is 34.1. The summed E-state index contributed by atoms with van der Waals surface area (Å²) in [5.41, 5.74) is -0.498. The van der Waals surface area contributed by atoms with Crippen molar-refractivity contribution in [3.63, 3.8) is 0 Å². The van der Waals surface area contributed by atoms with Crippen molar-refractivity contribution in [2.24, 2.45) is 5.92 Å². The molecular weight excluding hydrogens is 639 g/mol. The number of nitrogens with zero attached hydrogens (tertiary/aromatic N) is 2. The van der Waals surface area contributed by atoms with Gasteiger partial charge in [0.05, 0.1) is 16.6 Å². The van der Waals surface area contributed by atoms with Crippen molar-refractivity contribution < 1.29 is 38.6 Å². The lowest BCUT2D eigenvalue weighted by molar-refractivity contribution is -0.146. The van der Waals surface area contributed by atoms with Crippen molar-refractivity contribution in [1.82, 2.24) is 20.4 Å². The second-order valence-corrected chi connectivity index (χ2v) is 14.7. The quantitative estimate of drug-likeness (QED) is 0.402. The smallest absolute Gasteiger partial charge is 0.410 e. The molecule has 0 aromatic heterocycles. The van der Waals surface area contributed by atoms with E-state index < -0.39 is 59.3 Å². The zero-order chi connectivity index (χ0) is 33.4. The number of aliphatic carboxylic acids is 1. The number of amides is 4. The van der Waals surface area contributed by atoms with Gasteiger partial charge in [-0.3, -0.25) is 14.5 Å². The van der Waals surface area contributed by atoms with Gasteiger partial charge >= 0.3 is 18.2 Å². The number of carbonyl (C=O) groups is 5. The van der Waals surface area contributed by atoms with E-state index in [2.05, 4.69) is 10.6 Å². The van der Waals surface area contributed by atoms with E-state index in [1.165, 1.54) is 9.80 Å². The number of benzene rings is 1. The lowest BCUT2D eigenvalue weighted by Gasteiger charge is -2.30. The van der Waals surface area contributed by atoms with Crippen LogP contribution in [-0.4, -0.2) is 80.7 Å². The standard InChI is InChI=1S/C32H42Cl2N4O8/c1-31(2,3)46-29(43)35-24-10-8-6-4-5-7-9-20-14-32(20,28(41)42)36-26(39)25-13-21(17-38(25)27(24)40)45-30(44)37-15-18-11-22(33)23(34)12-19(18)16-37/h11-12,20-21,24-25H,4-10,13-17H2,1-3H3,(H,35,43)(H,36,39)(H,41,42)/t20-,21-,24+,25+,32-/m1/s1. The summed E-state index contributed by atoms with van der Waals surface area (Å²) >= 11 is 12.3. The molecule has 3 aliphatic heterocycles. The number of fused-ring (bicyclic) bond motifs is 3. The summed E-state index contributed by atoms with van der Waals surface area (Å²) in [7, 11) is 0. The van der Waals surface area contributed by atoms with Crippen molar-refractivity contribution in [3.8, 4) is 0 Å². The Hall–Kier alpha value is -3.25. The molecule has 0 spiro atoms. The fourth-order valence-electron chi connectivity index (χ4n) is 6.74. The van der Waals surface area contributed by atoms with Gasteiger partial charge in [-0.15, -0.1) is 0 Å². The Morgan fingerprint density at radius 3 is 2.22 bits per heavy atom. The highest BCUT2D eigenvalue weighted by Gasteiger charge is 2.62. The molecule has 1 saturated carbocycles. The van der Waals surface area contributed by atoms with E-state index >= 15 is 0 Å². The van der Waals surface area contributed by atoms with E-state index in [0.29, 0.717) is 35.7 Å². The molecular formula is C32H42Cl2N4O8. The molecule has 0 bridgehead atoms. The van der Waals surface area contributed by atoms with Crippen LogP contribution in [0.4, 0.5) is 9.59 Å². The average Bonchev–Trinajstić information content (AvgIpc) is 3.27. The molecule has 3 heterocycles. The fraction of sp³-hybridized carbons (Fsp3) is 0.656. The monoisotopic (exact) mass is 680 g/mol. The van der Waals surface area contributed by atoms with Gasteiger partial charge in [0.1, 0.15) is 29.3 Å². The number of ether oxygens (including phenoxy) is 2. The molecule has 46 heavy (non-hydrogen) atoms. The van der Waals surface area contributed by atoms with Crippen molar-refractivity contribution in [2.75, 3.05) is 6.54 Å². The molecule has 2 saturated heterocycles. The second-order valence-electron chi connectivity index (χ2n) is 13.8. The minimum atomic E-state index is -1.39. The highest BCUT2D eigenvalue weighted by Crippen LogP contribution is 2.47. The van der Waals surface area contributed by atoms with Gasteiger partial charge in [0.15, 0.2) is 0 Å². The van der Waals surface area contributed by atoms with Crippen LogP contribution in [0.5, 0.6) is 0 Å². The molecule has 5 rings (SSSR count). The van der Waals surface area contributed by atoms with Crippen LogP contribution >= 0.6 is 23.2 Å². The predicted octanol–water partition coefficient (Wildman–Crippen LogP) is 5.01. The van der Waals surface area contributed by atoms with Crippen LogP contribution in [0, 0.1) is 5.92 Å². The van der Waals surface area contributed by atoms with Gasteiger partial charge < -0.3 is 30.1 Å². The number of hydrogen-bond donors (Lipinski definition) is 3. The SMILES string of the molecule is CC(C)(C)OC(=O)N[C@H]1CCCCCCC[C@@H]2C[C@@]2(C(=O)O)NC(=O)[C@@H]2C[C@@H](OC(=O)N3Cc4cc(Cl)c(Cl)cc4C3)CN2C1=O. The Morgan fingerprint density at radius 1 is 1.00 bits per heavy atom. The number of halogens is 2. The van der Waals surface area contributed by atoms with Crippen molar-refractivity contribution >= 4 is 53.2 Å². The zero-order valence-corrected chi connectivity index (χ0v) is 27.9. The maximum Gasteiger partial charge on any atom is 0.410 e. The fourth-order valence-corrected chi connectivity index (χ4v) is 7.11. The molecule has 1 aromatic rings. The first-order valence-corrected chi connectivity index (χ1v) is 16.7. The van der Waals surface area contributed by atoms with Gasteiger partial charge in [0.2, 0.25) is 11.8 Å². The number of nitrogens with one attached hydrogen (secondary N) is 2. The molecule has 4 amide bonds. The summed E-state index contributed by atoms with van der Waals surface area (Å²) in [6.07, 6.45) is 3.18. The normalized spacial score (nSPS) is 28.5. The number of carboxylic acids is 1. The number of alkyl carbamates (subject to hydrolysis) is 1. The van der Waals surface area contributed by atoms with Crippen LogP contribution in [-0.2, 0) is 36.9 Å². The van der Waals surface area contributed by atoms with Crippen LogP contribution in [0.2, 0.25) is 10.0 Å². The number of carbonyl (C=O) groups excluding carboxylic acids is 4. The maximum atomic E-state index is 14.1. The van der Waals surface area contributed by atoms with Crippen molar-refractivity contribution in [3.05, 3.63) is 33.3 Å². The van der Waals surface area contributed by atoms with Crippen molar-refractivity contribution in [2.45, 2.75) is 121 Å². The van der Waals surface area contributed by atoms with Crippen molar-refractivity contribution in [1.29, 1.82) is 0 Å². The predicted molar refractivity (Wildman–Crippen MR) is 168 cm³/mol. The van der Waals surface area contributed by atoms with E-state index in [1.54, 1.807) is 32.9 Å². The van der Waals surface area contributed by atoms with E-state index in [1.807, 2.05) is 0 Å². The molecule has 12 nitrogen and oxygen atoms in total. The minimum Gasteiger partial charge on any atom is -0.479 e. The minimum absolute atomic E-state index is 0.0265. The van der Waals surface area contributed by atoms with Crippen LogP contribution < -0.4 is 10.6 Å². The second kappa shape index (κ2) is 13.5. The zero-order valence-electron chi connectivity index (χ0n) is 26.4. The Balaban J connectivity index is 1.36. The first-order valence-electron chi connectivity index (χ1n) is 15.9. The van der Waals surface area contributed by atoms with Crippen LogP contribution in [0.25, 0.3) is 0 Å². The van der Waals surface area contributed by atoms with E-state index in [0.717, 1.165) is 36.8 Å². The van der Waals surface area contributed by atoms with Gasteiger partial charge in [0, 0.05) is 19.5 Å². The largest absolute Gasteiger partial charge is 0.479 e. The van der Waals surface area contributed by atoms with E-state index in [-0.39, 0.29) is 32.0 Å². The molecule has 14 heteroatoms. The number of rotatable bonds is 3. The van der Waals surface area contributed by atoms with Gasteiger partial charge in [-0.05, 0) is 69.2 Å². The first-order chi connectivity index (χ1) is 21.7. The lowest BCUT2D eigenvalue weighted by Crippen LogP contribution is -2.56. The number of carboxylic acid groups (broad SMARTS) is 1. The van der Waals surface area contributed by atoms with Crippen LogP contribution in [0.1, 0.15) is 89.7 Å². The third-order valence-electron chi connectivity index (χ3n) is 9.21. The third-order valence-corrected chi connectivity index (χ3v) is 9.93. The molecule has 252 valence electrons. The highest BCUT2D eigenvalue weighted by molar-refractivity contribution is 6.42. The summed E-state index contributed by atoms with van der Waals surface area (Å²) in [4.78, 5) is 69.1. The summed E-state index contributed by atoms with van der Waals surface area (Å²) in [6, 6.07) is 1.32. The molecule has 3 fully saturated rings. The molecule has 4 aliphatic rings. The number of hydrogen-bond acceptors (Lipinski definition) is 7. The Kier molecular flexibility index (Phi) is 9.98. The molecule has 5 atom stereocenters. The van der Waals surface area contributed by atoms with E-state index in [4.69, 9.17) is 32.7 Å². The Bertz CT molecular complexity index is 1370. The summed E-state index contributed by atoms with van der Waals surface area (Å²) < 4.78 is 11.3. The Morgan fingerprint density at radius 2 is 1.61 bits per heavy atom. The van der Waals surface area contributed by atoms with Gasteiger partial charge in [-0.1, -0.05) is 55.3 Å². The third kappa shape index (κ3) is 7.65. The lowest BCUT2D eigenvalue weighted by atomic mass is 10.0. The molecule has 1 aromatic carbocycles. The molecule has 0 radical (unpaired) electrons. The molecule has 3 N–H and O–H groups in total. The average molecular weight is 682 g/mol. The summed E-state index contributed by atoms with van der Waals surface area (Å²) in [5.74, 6) is -2.44. The summed E-state index contributed by atoms with van der Waals surface area (Å²) in [6.45, 7) is 5.57. The summed E-state index contributed by atoms with van der Waals surface area (Å²) in [5, 5.41) is 16.3.